The zero-order valence-corrected chi connectivity index (χ0v) is 21.3. The van der Waals surface area contributed by atoms with E-state index in [1.165, 1.54) is 83.5 Å². The molecular weight excluding hydrogens is 414 g/mol. The van der Waals surface area contributed by atoms with Crippen LogP contribution in [0.1, 0.15) is 110 Å². The predicted molar refractivity (Wildman–Crippen MR) is 125 cm³/mol. The van der Waals surface area contributed by atoms with Crippen LogP contribution in [0.4, 0.5) is 0 Å². The van der Waals surface area contributed by atoms with Crippen LogP contribution in [0.5, 0.6) is 0 Å². The highest BCUT2D eigenvalue weighted by molar-refractivity contribution is 5.69. The van der Waals surface area contributed by atoms with Gasteiger partial charge in [-0.2, -0.15) is 0 Å². The Bertz CT molecular complexity index is 377. The standard InChI is InChI=1S/C25H52NO4.ClH/c1-3-4-5-6-7-8-9-10-11-12-13-14-15-16-17-18-25(29)30-24-21-26(2,19-22-27)20-23-28;/h27-28H,3-24H2,1-2H3;1H/q+1;/p-1. The number of nitrogens with zero attached hydrogens (tertiary/aromatic N) is 1. The summed E-state index contributed by atoms with van der Waals surface area (Å²) in [5, 5.41) is 18.3. The van der Waals surface area contributed by atoms with E-state index >= 15 is 0 Å². The Morgan fingerprint density at radius 3 is 1.45 bits per heavy atom. The summed E-state index contributed by atoms with van der Waals surface area (Å²) in [4.78, 5) is 11.9. The highest BCUT2D eigenvalue weighted by Crippen LogP contribution is 2.14. The van der Waals surface area contributed by atoms with Gasteiger partial charge in [-0.3, -0.25) is 4.79 Å². The van der Waals surface area contributed by atoms with Gasteiger partial charge in [0.2, 0.25) is 0 Å². The van der Waals surface area contributed by atoms with Crippen LogP contribution in [0.15, 0.2) is 0 Å². The lowest BCUT2D eigenvalue weighted by Crippen LogP contribution is -3.00. The summed E-state index contributed by atoms with van der Waals surface area (Å²) in [6.07, 6.45) is 20.3. The second-order valence-corrected chi connectivity index (χ2v) is 9.16. The van der Waals surface area contributed by atoms with Gasteiger partial charge in [-0.1, -0.05) is 96.8 Å². The molecule has 188 valence electrons. The van der Waals surface area contributed by atoms with E-state index in [0.29, 0.717) is 37.1 Å². The largest absolute Gasteiger partial charge is 1.00 e. The number of aliphatic hydroxyl groups excluding tert-OH is 2. The number of unbranched alkanes of at least 4 members (excludes halogenated alkanes) is 14. The fourth-order valence-corrected chi connectivity index (χ4v) is 3.91. The maximum absolute atomic E-state index is 11.9. The Morgan fingerprint density at radius 1 is 0.677 bits per heavy atom. The summed E-state index contributed by atoms with van der Waals surface area (Å²) in [7, 11) is 1.97. The van der Waals surface area contributed by atoms with Crippen LogP contribution in [-0.4, -0.2) is 67.2 Å². The summed E-state index contributed by atoms with van der Waals surface area (Å²) in [6.45, 7) is 4.54. The number of halogens is 1. The van der Waals surface area contributed by atoms with Crippen LogP contribution in [0, 0.1) is 0 Å². The first-order chi connectivity index (χ1) is 14.6. The molecule has 0 aliphatic heterocycles. The zero-order valence-electron chi connectivity index (χ0n) is 20.6. The van der Waals surface area contributed by atoms with E-state index in [9.17, 15) is 4.79 Å². The van der Waals surface area contributed by atoms with Gasteiger partial charge in [0.15, 0.2) is 0 Å². The van der Waals surface area contributed by atoms with Crippen molar-refractivity contribution in [2.45, 2.75) is 110 Å². The second-order valence-electron chi connectivity index (χ2n) is 9.16. The van der Waals surface area contributed by atoms with E-state index in [2.05, 4.69) is 6.92 Å². The normalized spacial score (nSPS) is 11.4. The third-order valence-corrected chi connectivity index (χ3v) is 6.16. The predicted octanol–water partition coefficient (Wildman–Crippen LogP) is 2.23. The third-order valence-electron chi connectivity index (χ3n) is 6.16. The molecule has 0 fully saturated rings. The van der Waals surface area contributed by atoms with Crippen LogP contribution in [-0.2, 0) is 9.53 Å². The molecule has 0 aromatic heterocycles. The Labute approximate surface area is 198 Å². The molecule has 0 radical (unpaired) electrons. The summed E-state index contributed by atoms with van der Waals surface area (Å²) >= 11 is 0. The summed E-state index contributed by atoms with van der Waals surface area (Å²) in [5.74, 6) is -0.121. The van der Waals surface area contributed by atoms with Gasteiger partial charge in [0.1, 0.15) is 26.2 Å². The van der Waals surface area contributed by atoms with E-state index in [1.807, 2.05) is 7.05 Å². The molecular formula is C25H52ClNO4. The number of esters is 1. The molecule has 0 amide bonds. The van der Waals surface area contributed by atoms with Gasteiger partial charge in [-0.15, -0.1) is 0 Å². The number of carbonyl (C=O) groups excluding carboxylic acids is 1. The highest BCUT2D eigenvalue weighted by atomic mass is 35.5. The quantitative estimate of drug-likeness (QED) is 0.138. The van der Waals surface area contributed by atoms with Crippen LogP contribution in [0.3, 0.4) is 0 Å². The number of carbonyl (C=O) groups is 1. The number of likely N-dealkylation sites (N-methyl/N-ethyl adjacent to an activating group) is 1. The molecule has 6 heteroatoms. The van der Waals surface area contributed by atoms with E-state index in [0.717, 1.165) is 12.8 Å². The number of hydrogen-bond donors (Lipinski definition) is 2. The molecule has 0 unspecified atom stereocenters. The Morgan fingerprint density at radius 2 is 1.06 bits per heavy atom. The summed E-state index contributed by atoms with van der Waals surface area (Å²) in [5.41, 5.74) is 0. The molecule has 0 aromatic carbocycles. The highest BCUT2D eigenvalue weighted by Gasteiger charge is 2.20. The molecule has 0 rings (SSSR count). The van der Waals surface area contributed by atoms with Crippen LogP contribution in [0.2, 0.25) is 0 Å². The first kappa shape index (κ1) is 32.8. The van der Waals surface area contributed by atoms with Gasteiger partial charge in [0, 0.05) is 6.42 Å². The maximum Gasteiger partial charge on any atom is 0.305 e. The number of hydrogen-bond acceptors (Lipinski definition) is 4. The van der Waals surface area contributed by atoms with E-state index in [-0.39, 0.29) is 31.6 Å². The van der Waals surface area contributed by atoms with Crippen molar-refractivity contribution >= 4 is 5.97 Å². The number of quaternary nitrogens is 1. The molecule has 0 saturated heterocycles. The molecule has 0 saturated carbocycles. The molecule has 0 aliphatic rings. The SMILES string of the molecule is CCCCCCCCCCCCCCCCCC(=O)OCC[N+](C)(CCO)CCO.[Cl-]. The minimum absolute atomic E-state index is 0. The molecule has 0 atom stereocenters. The van der Waals surface area contributed by atoms with Crippen LogP contribution >= 0.6 is 0 Å². The van der Waals surface area contributed by atoms with Crippen molar-refractivity contribution in [2.24, 2.45) is 0 Å². The molecule has 0 aliphatic carbocycles. The lowest BCUT2D eigenvalue weighted by molar-refractivity contribution is -0.910. The van der Waals surface area contributed by atoms with Crippen molar-refractivity contribution in [1.29, 1.82) is 0 Å². The summed E-state index contributed by atoms with van der Waals surface area (Å²) < 4.78 is 5.86. The summed E-state index contributed by atoms with van der Waals surface area (Å²) in [6, 6.07) is 0. The number of aliphatic hydroxyl groups is 2. The maximum atomic E-state index is 11.9. The van der Waals surface area contributed by atoms with Crippen LogP contribution < -0.4 is 12.4 Å². The topological polar surface area (TPSA) is 66.8 Å². The molecule has 0 heterocycles. The average molecular weight is 466 g/mol. The van der Waals surface area contributed by atoms with Crippen LogP contribution in [0.25, 0.3) is 0 Å². The molecule has 0 spiro atoms. The molecule has 5 nitrogen and oxygen atoms in total. The Hall–Kier alpha value is -0.360. The van der Waals surface area contributed by atoms with Gasteiger partial charge in [-0.05, 0) is 6.42 Å². The van der Waals surface area contributed by atoms with E-state index in [1.54, 1.807) is 0 Å². The van der Waals surface area contributed by atoms with Crippen molar-refractivity contribution < 1.29 is 36.6 Å². The zero-order chi connectivity index (χ0) is 22.3. The average Bonchev–Trinajstić information content (AvgIpc) is 2.71. The van der Waals surface area contributed by atoms with E-state index < -0.39 is 0 Å². The van der Waals surface area contributed by atoms with Gasteiger partial charge in [-0.25, -0.2) is 0 Å². The minimum atomic E-state index is -0.121. The third kappa shape index (κ3) is 22.6. The van der Waals surface area contributed by atoms with Gasteiger partial charge in [0.25, 0.3) is 0 Å². The first-order valence-corrected chi connectivity index (χ1v) is 12.8. The fourth-order valence-electron chi connectivity index (χ4n) is 3.91. The van der Waals surface area contributed by atoms with Gasteiger partial charge < -0.3 is 31.8 Å². The second kappa shape index (κ2) is 24.3. The first-order valence-electron chi connectivity index (χ1n) is 12.8. The number of rotatable bonds is 23. The lowest BCUT2D eigenvalue weighted by atomic mass is 10.0. The van der Waals surface area contributed by atoms with Gasteiger partial charge >= 0.3 is 5.97 Å². The molecule has 31 heavy (non-hydrogen) atoms. The van der Waals surface area contributed by atoms with Crippen molar-refractivity contribution in [3.05, 3.63) is 0 Å². The van der Waals surface area contributed by atoms with E-state index in [4.69, 9.17) is 14.9 Å². The molecule has 0 bridgehead atoms. The smallest absolute Gasteiger partial charge is 0.305 e. The monoisotopic (exact) mass is 465 g/mol. The Balaban J connectivity index is 0. The lowest BCUT2D eigenvalue weighted by Gasteiger charge is -2.33. The van der Waals surface area contributed by atoms with Crippen molar-refractivity contribution in [3.63, 3.8) is 0 Å². The Kier molecular flexibility index (Phi) is 25.7. The van der Waals surface area contributed by atoms with Gasteiger partial charge in [0.05, 0.1) is 20.3 Å². The minimum Gasteiger partial charge on any atom is -1.00 e. The molecule has 2 N–H and O–H groups in total. The fraction of sp³-hybridized carbons (Fsp3) is 0.960. The van der Waals surface area contributed by atoms with Crippen molar-refractivity contribution in [3.8, 4) is 0 Å². The number of ether oxygens (including phenoxy) is 1. The van der Waals surface area contributed by atoms with Crippen molar-refractivity contribution in [1.82, 2.24) is 0 Å². The van der Waals surface area contributed by atoms with Crippen molar-refractivity contribution in [2.75, 3.05) is 46.5 Å². The molecule has 0 aromatic rings.